The van der Waals surface area contributed by atoms with Crippen LogP contribution in [0.3, 0.4) is 0 Å². The summed E-state index contributed by atoms with van der Waals surface area (Å²) in [6.45, 7) is 4.89. The minimum Gasteiger partial charge on any atom is -0.349 e. The molecule has 1 fully saturated rings. The predicted molar refractivity (Wildman–Crippen MR) is 90.8 cm³/mol. The van der Waals surface area contributed by atoms with Gasteiger partial charge < -0.3 is 5.32 Å². The van der Waals surface area contributed by atoms with Crippen LogP contribution in [0.15, 0.2) is 17.5 Å². The van der Waals surface area contributed by atoms with E-state index in [-0.39, 0.29) is 5.91 Å². The molecule has 0 unspecified atom stereocenters. The monoisotopic (exact) mass is 330 g/mol. The third-order valence-electron chi connectivity index (χ3n) is 4.87. The average molecular weight is 330 g/mol. The molecule has 0 aromatic carbocycles. The fourth-order valence-electron chi connectivity index (χ4n) is 3.16. The summed E-state index contributed by atoms with van der Waals surface area (Å²) in [7, 11) is 0. The van der Waals surface area contributed by atoms with E-state index in [9.17, 15) is 4.79 Å². The molecule has 5 nitrogen and oxygen atoms in total. The SMILES string of the molecule is C[C@H](CNC(=O)c1cc(C2CC2)[nH]n1)N1CCc2sccc2C1. The van der Waals surface area contributed by atoms with Crippen molar-refractivity contribution < 1.29 is 4.79 Å². The number of hydrogen-bond acceptors (Lipinski definition) is 4. The number of aromatic nitrogens is 2. The van der Waals surface area contributed by atoms with Crippen molar-refractivity contribution in [1.82, 2.24) is 20.4 Å². The Balaban J connectivity index is 1.30. The number of nitrogens with zero attached hydrogens (tertiary/aromatic N) is 2. The third kappa shape index (κ3) is 3.19. The largest absolute Gasteiger partial charge is 0.349 e. The van der Waals surface area contributed by atoms with Crippen LogP contribution in [0.5, 0.6) is 0 Å². The van der Waals surface area contributed by atoms with Gasteiger partial charge in [-0.3, -0.25) is 14.8 Å². The highest BCUT2D eigenvalue weighted by Gasteiger charge is 2.27. The fourth-order valence-corrected chi connectivity index (χ4v) is 4.05. The minimum absolute atomic E-state index is 0.0757. The summed E-state index contributed by atoms with van der Waals surface area (Å²) in [6.07, 6.45) is 3.54. The van der Waals surface area contributed by atoms with E-state index in [1.807, 2.05) is 17.4 Å². The van der Waals surface area contributed by atoms with Gasteiger partial charge in [-0.1, -0.05) is 0 Å². The quantitative estimate of drug-likeness (QED) is 0.885. The minimum atomic E-state index is -0.0757. The molecule has 6 heteroatoms. The topological polar surface area (TPSA) is 61.0 Å². The molecule has 122 valence electrons. The molecular formula is C17H22N4OS. The van der Waals surface area contributed by atoms with Gasteiger partial charge in [0.25, 0.3) is 5.91 Å². The van der Waals surface area contributed by atoms with Crippen molar-refractivity contribution in [3.8, 4) is 0 Å². The molecule has 3 heterocycles. The van der Waals surface area contributed by atoms with E-state index in [0.717, 1.165) is 25.2 Å². The number of amides is 1. The highest BCUT2D eigenvalue weighted by atomic mass is 32.1. The molecule has 0 bridgehead atoms. The number of hydrogen-bond donors (Lipinski definition) is 2. The van der Waals surface area contributed by atoms with E-state index in [1.54, 1.807) is 0 Å². The molecule has 0 spiro atoms. The number of carbonyl (C=O) groups is 1. The molecule has 2 aliphatic rings. The zero-order valence-electron chi connectivity index (χ0n) is 13.3. The molecule has 1 atom stereocenters. The van der Waals surface area contributed by atoms with Crippen molar-refractivity contribution in [2.45, 2.75) is 44.7 Å². The maximum Gasteiger partial charge on any atom is 0.271 e. The van der Waals surface area contributed by atoms with Gasteiger partial charge in [-0.05, 0) is 49.3 Å². The number of thiophene rings is 1. The van der Waals surface area contributed by atoms with E-state index in [4.69, 9.17) is 0 Å². The van der Waals surface area contributed by atoms with Crippen LogP contribution in [-0.4, -0.2) is 40.1 Å². The maximum absolute atomic E-state index is 12.2. The molecule has 1 amide bonds. The van der Waals surface area contributed by atoms with Crippen LogP contribution in [0.1, 0.15) is 52.3 Å². The van der Waals surface area contributed by atoms with E-state index in [0.29, 0.717) is 24.2 Å². The number of carbonyl (C=O) groups excluding carboxylic acids is 1. The summed E-state index contributed by atoms with van der Waals surface area (Å²) < 4.78 is 0. The molecule has 1 saturated carbocycles. The molecule has 0 radical (unpaired) electrons. The second-order valence-electron chi connectivity index (χ2n) is 6.63. The number of fused-ring (bicyclic) bond motifs is 1. The van der Waals surface area contributed by atoms with Gasteiger partial charge in [-0.15, -0.1) is 11.3 Å². The molecule has 23 heavy (non-hydrogen) atoms. The fraction of sp³-hybridized carbons (Fsp3) is 0.529. The molecule has 4 rings (SSSR count). The lowest BCUT2D eigenvalue weighted by atomic mass is 10.1. The van der Waals surface area contributed by atoms with Gasteiger partial charge in [-0.25, -0.2) is 0 Å². The first-order valence-electron chi connectivity index (χ1n) is 8.33. The van der Waals surface area contributed by atoms with E-state index < -0.39 is 0 Å². The summed E-state index contributed by atoms with van der Waals surface area (Å²) in [5.74, 6) is 0.518. The van der Waals surface area contributed by atoms with Crippen LogP contribution in [0.4, 0.5) is 0 Å². The van der Waals surface area contributed by atoms with E-state index in [1.165, 1.54) is 23.3 Å². The first-order valence-corrected chi connectivity index (χ1v) is 9.21. The lowest BCUT2D eigenvalue weighted by Gasteiger charge is -2.32. The van der Waals surface area contributed by atoms with Crippen molar-refractivity contribution in [1.29, 1.82) is 0 Å². The Morgan fingerprint density at radius 3 is 3.26 bits per heavy atom. The average Bonchev–Trinajstić information content (AvgIpc) is 3.12. The van der Waals surface area contributed by atoms with Gasteiger partial charge in [0.2, 0.25) is 0 Å². The Kier molecular flexibility index (Phi) is 3.95. The van der Waals surface area contributed by atoms with Gasteiger partial charge in [0.1, 0.15) is 5.69 Å². The van der Waals surface area contributed by atoms with Crippen LogP contribution in [-0.2, 0) is 13.0 Å². The Labute approximate surface area is 140 Å². The number of aromatic amines is 1. The van der Waals surface area contributed by atoms with Crippen molar-refractivity contribution >= 4 is 17.2 Å². The number of nitrogens with one attached hydrogen (secondary N) is 2. The van der Waals surface area contributed by atoms with Crippen molar-refractivity contribution in [3.05, 3.63) is 39.3 Å². The lowest BCUT2D eigenvalue weighted by molar-refractivity contribution is 0.0927. The molecule has 2 N–H and O–H groups in total. The van der Waals surface area contributed by atoms with Crippen LogP contribution in [0, 0.1) is 0 Å². The first-order chi connectivity index (χ1) is 11.2. The molecule has 1 aliphatic carbocycles. The van der Waals surface area contributed by atoms with Crippen LogP contribution < -0.4 is 5.32 Å². The summed E-state index contributed by atoms with van der Waals surface area (Å²) in [6, 6.07) is 4.45. The Hall–Kier alpha value is -1.66. The van der Waals surface area contributed by atoms with Crippen LogP contribution in [0.25, 0.3) is 0 Å². The Morgan fingerprint density at radius 2 is 2.43 bits per heavy atom. The van der Waals surface area contributed by atoms with Crippen LogP contribution in [0.2, 0.25) is 0 Å². The zero-order chi connectivity index (χ0) is 15.8. The Morgan fingerprint density at radius 1 is 1.57 bits per heavy atom. The van der Waals surface area contributed by atoms with E-state index in [2.05, 4.69) is 38.8 Å². The standard InChI is InChI=1S/C17H22N4OS/c1-11(21-6-4-16-13(10-21)5-7-23-16)9-18-17(22)15-8-14(19-20-15)12-2-3-12/h5,7-8,11-12H,2-4,6,9-10H2,1H3,(H,18,22)(H,19,20)/t11-/m1/s1. The van der Waals surface area contributed by atoms with Gasteiger partial charge >= 0.3 is 0 Å². The molecule has 1 aliphatic heterocycles. The molecular weight excluding hydrogens is 308 g/mol. The summed E-state index contributed by atoms with van der Waals surface area (Å²) >= 11 is 1.86. The van der Waals surface area contributed by atoms with E-state index >= 15 is 0 Å². The second-order valence-corrected chi connectivity index (χ2v) is 7.63. The summed E-state index contributed by atoms with van der Waals surface area (Å²) in [4.78, 5) is 16.2. The molecule has 0 saturated heterocycles. The second kappa shape index (κ2) is 6.09. The number of rotatable bonds is 5. The van der Waals surface area contributed by atoms with Gasteiger partial charge in [0.05, 0.1) is 0 Å². The predicted octanol–water partition coefficient (Wildman–Crippen LogP) is 2.53. The van der Waals surface area contributed by atoms with Gasteiger partial charge in [-0.2, -0.15) is 5.10 Å². The molecule has 2 aromatic heterocycles. The Bertz CT molecular complexity index is 703. The van der Waals surface area contributed by atoms with Crippen molar-refractivity contribution in [2.75, 3.05) is 13.1 Å². The first kappa shape index (κ1) is 14.9. The number of H-pyrrole nitrogens is 1. The highest BCUT2D eigenvalue weighted by molar-refractivity contribution is 7.10. The summed E-state index contributed by atoms with van der Waals surface area (Å²) in [5, 5.41) is 12.3. The van der Waals surface area contributed by atoms with Gasteiger partial charge in [0, 0.05) is 42.2 Å². The smallest absolute Gasteiger partial charge is 0.271 e. The molecule has 2 aromatic rings. The zero-order valence-corrected chi connectivity index (χ0v) is 14.2. The van der Waals surface area contributed by atoms with Gasteiger partial charge in [0.15, 0.2) is 0 Å². The highest BCUT2D eigenvalue weighted by Crippen LogP contribution is 2.38. The van der Waals surface area contributed by atoms with Crippen molar-refractivity contribution in [2.24, 2.45) is 0 Å². The van der Waals surface area contributed by atoms with Crippen LogP contribution >= 0.6 is 11.3 Å². The lowest BCUT2D eigenvalue weighted by Crippen LogP contribution is -2.44. The third-order valence-corrected chi connectivity index (χ3v) is 5.89. The summed E-state index contributed by atoms with van der Waals surface area (Å²) in [5.41, 5.74) is 3.06. The maximum atomic E-state index is 12.2. The normalized spacial score (nSPS) is 19.3. The van der Waals surface area contributed by atoms with Crippen molar-refractivity contribution in [3.63, 3.8) is 0 Å².